The smallest absolute Gasteiger partial charge is 0.238 e. The van der Waals surface area contributed by atoms with E-state index in [1.165, 1.54) is 29.2 Å². The number of sulfonamides is 1. The second-order valence-electron chi connectivity index (χ2n) is 4.25. The summed E-state index contributed by atoms with van der Waals surface area (Å²) in [6.45, 7) is 0. The van der Waals surface area contributed by atoms with Crippen LogP contribution in [0, 0.1) is 0 Å². The molecule has 0 spiro atoms. The second-order valence-corrected chi connectivity index (χ2v) is 5.81. The average molecular weight is 325 g/mol. The van der Waals surface area contributed by atoms with Gasteiger partial charge in [0.2, 0.25) is 27.9 Å². The molecule has 22 heavy (non-hydrogen) atoms. The van der Waals surface area contributed by atoms with Gasteiger partial charge in [-0.05, 0) is 24.3 Å². The fraction of sp³-hybridized carbons (Fsp3) is 0.100. The molecule has 1 heterocycles. The van der Waals surface area contributed by atoms with Crippen molar-refractivity contribution in [2.24, 2.45) is 43.1 Å². The largest absolute Gasteiger partial charge is 0.369 e. The van der Waals surface area contributed by atoms with Crippen molar-refractivity contribution in [3.63, 3.8) is 0 Å². The Kier molecular flexibility index (Phi) is 3.99. The maximum Gasteiger partial charge on any atom is 0.238 e. The van der Waals surface area contributed by atoms with E-state index in [9.17, 15) is 8.42 Å². The van der Waals surface area contributed by atoms with Crippen LogP contribution in [0.15, 0.2) is 44.1 Å². The van der Waals surface area contributed by atoms with Gasteiger partial charge in [-0.15, -0.1) is 0 Å². The molecule has 1 aliphatic rings. The van der Waals surface area contributed by atoms with Crippen LogP contribution >= 0.6 is 0 Å². The summed E-state index contributed by atoms with van der Waals surface area (Å²) in [6, 6.07) is 5.44. The summed E-state index contributed by atoms with van der Waals surface area (Å²) >= 11 is 0. The highest BCUT2D eigenvalue weighted by Gasteiger charge is 2.24. The first kappa shape index (κ1) is 15.7. The number of primary sulfonamides is 1. The van der Waals surface area contributed by atoms with Crippen molar-refractivity contribution in [1.29, 1.82) is 0 Å². The number of hydrogen-bond acceptors (Lipinski definition) is 8. The molecular formula is C10H15N9O2S. The van der Waals surface area contributed by atoms with E-state index in [4.69, 9.17) is 28.1 Å². The first-order valence-electron chi connectivity index (χ1n) is 5.88. The molecular weight excluding hydrogens is 310 g/mol. The SMILES string of the molecule is NC1=NC(N)N(C(N)=Nc2ccc(S(N)(=O)=O)cc2)C(N)=N1. The zero-order valence-corrected chi connectivity index (χ0v) is 12.1. The van der Waals surface area contributed by atoms with Crippen molar-refractivity contribution >= 4 is 33.6 Å². The van der Waals surface area contributed by atoms with Crippen LogP contribution in [0.5, 0.6) is 0 Å². The summed E-state index contributed by atoms with van der Waals surface area (Å²) in [5, 5.41) is 5.00. The molecule has 0 amide bonds. The van der Waals surface area contributed by atoms with E-state index in [2.05, 4.69) is 15.0 Å². The Morgan fingerprint density at radius 3 is 2.32 bits per heavy atom. The molecule has 0 aliphatic carbocycles. The van der Waals surface area contributed by atoms with Crippen LogP contribution in [0.3, 0.4) is 0 Å². The summed E-state index contributed by atoms with van der Waals surface area (Å²) < 4.78 is 22.3. The predicted octanol–water partition coefficient (Wildman–Crippen LogP) is -2.53. The van der Waals surface area contributed by atoms with Crippen molar-refractivity contribution in [3.05, 3.63) is 24.3 Å². The van der Waals surface area contributed by atoms with E-state index in [0.717, 1.165) is 0 Å². The Bertz CT molecular complexity index is 766. The normalized spacial score (nSPS) is 19.6. The highest BCUT2D eigenvalue weighted by atomic mass is 32.2. The van der Waals surface area contributed by atoms with E-state index in [1.807, 2.05) is 0 Å². The molecule has 118 valence electrons. The van der Waals surface area contributed by atoms with Gasteiger partial charge < -0.3 is 17.2 Å². The van der Waals surface area contributed by atoms with Crippen LogP contribution < -0.4 is 28.1 Å². The van der Waals surface area contributed by atoms with Crippen LogP contribution in [0.1, 0.15) is 0 Å². The first-order valence-corrected chi connectivity index (χ1v) is 7.42. The van der Waals surface area contributed by atoms with Gasteiger partial charge in [0.05, 0.1) is 10.6 Å². The van der Waals surface area contributed by atoms with Gasteiger partial charge in [-0.25, -0.2) is 28.4 Å². The molecule has 0 aromatic heterocycles. The topological polar surface area (TPSA) is 205 Å². The van der Waals surface area contributed by atoms with Gasteiger partial charge in [0, 0.05) is 0 Å². The molecule has 0 saturated heterocycles. The summed E-state index contributed by atoms with van der Waals surface area (Å²) in [5.74, 6) is -0.192. The van der Waals surface area contributed by atoms with Gasteiger partial charge in [-0.2, -0.15) is 4.99 Å². The Balaban J connectivity index is 2.28. The quantitative estimate of drug-likeness (QED) is 0.291. The molecule has 1 atom stereocenters. The van der Waals surface area contributed by atoms with Crippen LogP contribution in [0.4, 0.5) is 5.69 Å². The third-order valence-electron chi connectivity index (χ3n) is 2.66. The zero-order valence-electron chi connectivity index (χ0n) is 11.3. The third-order valence-corrected chi connectivity index (χ3v) is 3.59. The van der Waals surface area contributed by atoms with Gasteiger partial charge in [0.25, 0.3) is 0 Å². The molecule has 12 heteroatoms. The minimum Gasteiger partial charge on any atom is -0.369 e. The number of nitrogens with two attached hydrogens (primary N) is 5. The van der Waals surface area contributed by atoms with E-state index in [0.29, 0.717) is 5.69 Å². The van der Waals surface area contributed by atoms with Crippen LogP contribution in [0.2, 0.25) is 0 Å². The Labute approximate surface area is 126 Å². The van der Waals surface area contributed by atoms with Crippen LogP contribution in [-0.4, -0.2) is 37.5 Å². The number of nitrogens with zero attached hydrogens (tertiary/aromatic N) is 4. The molecule has 0 radical (unpaired) electrons. The summed E-state index contributed by atoms with van der Waals surface area (Å²) in [6.07, 6.45) is -0.954. The summed E-state index contributed by atoms with van der Waals surface area (Å²) in [7, 11) is -3.77. The van der Waals surface area contributed by atoms with Crippen molar-refractivity contribution < 1.29 is 8.42 Å². The molecule has 0 fully saturated rings. The number of aliphatic imine (C=N–C) groups is 3. The van der Waals surface area contributed by atoms with Crippen molar-refractivity contribution in [1.82, 2.24) is 4.90 Å². The average Bonchev–Trinajstić information content (AvgIpc) is 2.36. The zero-order chi connectivity index (χ0) is 16.5. The molecule has 11 nitrogen and oxygen atoms in total. The minimum absolute atomic E-state index is 0.0434. The Hall–Kier alpha value is -2.70. The van der Waals surface area contributed by atoms with E-state index >= 15 is 0 Å². The van der Waals surface area contributed by atoms with Gasteiger partial charge >= 0.3 is 0 Å². The van der Waals surface area contributed by atoms with Gasteiger partial charge in [-0.1, -0.05) is 0 Å². The fourth-order valence-electron chi connectivity index (χ4n) is 1.68. The highest BCUT2D eigenvalue weighted by molar-refractivity contribution is 7.89. The van der Waals surface area contributed by atoms with E-state index in [1.54, 1.807) is 0 Å². The Morgan fingerprint density at radius 2 is 1.82 bits per heavy atom. The fourth-order valence-corrected chi connectivity index (χ4v) is 2.19. The molecule has 0 bridgehead atoms. The van der Waals surface area contributed by atoms with Crippen LogP contribution in [0.25, 0.3) is 0 Å². The van der Waals surface area contributed by atoms with Gasteiger partial charge in [-0.3, -0.25) is 5.73 Å². The summed E-state index contributed by atoms with van der Waals surface area (Å²) in [4.78, 5) is 12.7. The van der Waals surface area contributed by atoms with Crippen molar-refractivity contribution in [2.75, 3.05) is 0 Å². The number of rotatable bonds is 2. The molecule has 10 N–H and O–H groups in total. The number of guanidine groups is 3. The molecule has 1 aromatic carbocycles. The number of benzene rings is 1. The highest BCUT2D eigenvalue weighted by Crippen LogP contribution is 2.16. The molecule has 0 saturated carbocycles. The van der Waals surface area contributed by atoms with E-state index < -0.39 is 16.3 Å². The molecule has 2 rings (SSSR count). The van der Waals surface area contributed by atoms with Gasteiger partial charge in [0.1, 0.15) is 0 Å². The lowest BCUT2D eigenvalue weighted by atomic mass is 10.3. The lowest BCUT2D eigenvalue weighted by Gasteiger charge is -2.28. The van der Waals surface area contributed by atoms with Crippen molar-refractivity contribution in [3.8, 4) is 0 Å². The van der Waals surface area contributed by atoms with Crippen LogP contribution in [-0.2, 0) is 10.0 Å². The minimum atomic E-state index is -3.77. The standard InChI is InChI=1S/C10H15N9O2S/c11-7-17-9(13)19(10(14)18-7)8(12)16-5-1-3-6(4-2-5)22(15,20)21/h1-4,9H,13H2,(H2,12,16)(H2,15,20,21)(H4,11,14,17,18). The van der Waals surface area contributed by atoms with E-state index in [-0.39, 0.29) is 22.8 Å². The monoisotopic (exact) mass is 325 g/mol. The predicted molar refractivity (Wildman–Crippen MR) is 82.2 cm³/mol. The lowest BCUT2D eigenvalue weighted by molar-refractivity contribution is 0.446. The maximum absolute atomic E-state index is 11.2. The summed E-state index contributed by atoms with van der Waals surface area (Å²) in [5.41, 5.74) is 23.0. The van der Waals surface area contributed by atoms with Crippen molar-refractivity contribution in [2.45, 2.75) is 11.2 Å². The molecule has 1 aromatic rings. The number of hydrogen-bond donors (Lipinski definition) is 5. The second kappa shape index (κ2) is 5.59. The third kappa shape index (κ3) is 3.30. The maximum atomic E-state index is 11.2. The first-order chi connectivity index (χ1) is 10.2. The molecule has 1 unspecified atom stereocenters. The Morgan fingerprint density at radius 1 is 1.23 bits per heavy atom. The van der Waals surface area contributed by atoms with Gasteiger partial charge in [0.15, 0.2) is 6.29 Å². The lowest BCUT2D eigenvalue weighted by Crippen LogP contribution is -2.57. The molecule has 1 aliphatic heterocycles.